The standard InChI is InChI=1S/C23H18ClN5S/c1-16-6-5-13-28-14-19(25-21(16)28)15-30-23-27-26-22(17-9-11-18(24)12-10-17)29(23)20-7-3-2-4-8-20/h2-14H,15H2,1H3. The second-order valence-corrected chi connectivity index (χ2v) is 8.31. The van der Waals surface area contributed by atoms with Crippen LogP contribution >= 0.6 is 23.4 Å². The summed E-state index contributed by atoms with van der Waals surface area (Å²) in [7, 11) is 0. The summed E-state index contributed by atoms with van der Waals surface area (Å²) in [6.45, 7) is 2.07. The van der Waals surface area contributed by atoms with Crippen molar-refractivity contribution >= 4 is 29.0 Å². The zero-order valence-electron chi connectivity index (χ0n) is 16.2. The lowest BCUT2D eigenvalue weighted by atomic mass is 10.2. The predicted molar refractivity (Wildman–Crippen MR) is 121 cm³/mol. The molecule has 5 aromatic rings. The molecule has 0 atom stereocenters. The molecule has 0 spiro atoms. The van der Waals surface area contributed by atoms with Gasteiger partial charge in [0.05, 0.1) is 5.69 Å². The number of hydrogen-bond acceptors (Lipinski definition) is 4. The number of aromatic nitrogens is 5. The van der Waals surface area contributed by atoms with Gasteiger partial charge in [0, 0.05) is 34.4 Å². The summed E-state index contributed by atoms with van der Waals surface area (Å²) in [6.07, 6.45) is 4.09. The Balaban J connectivity index is 1.51. The maximum absolute atomic E-state index is 6.07. The fraction of sp³-hybridized carbons (Fsp3) is 0.0870. The number of aryl methyl sites for hydroxylation is 1. The first-order valence-corrected chi connectivity index (χ1v) is 10.9. The molecule has 3 aromatic heterocycles. The number of rotatable bonds is 5. The van der Waals surface area contributed by atoms with E-state index >= 15 is 0 Å². The maximum Gasteiger partial charge on any atom is 0.196 e. The van der Waals surface area contributed by atoms with E-state index in [1.54, 1.807) is 11.8 Å². The van der Waals surface area contributed by atoms with Gasteiger partial charge in [0.1, 0.15) is 5.65 Å². The van der Waals surface area contributed by atoms with Gasteiger partial charge in [-0.25, -0.2) is 4.98 Å². The summed E-state index contributed by atoms with van der Waals surface area (Å²) < 4.78 is 4.14. The summed E-state index contributed by atoms with van der Waals surface area (Å²) in [4.78, 5) is 4.77. The van der Waals surface area contributed by atoms with Crippen LogP contribution in [0, 0.1) is 6.92 Å². The van der Waals surface area contributed by atoms with E-state index in [9.17, 15) is 0 Å². The molecule has 0 saturated carbocycles. The Kier molecular flexibility index (Phi) is 5.02. The SMILES string of the molecule is Cc1cccn2cc(CSc3nnc(-c4ccc(Cl)cc4)n3-c3ccccc3)nc12. The number of pyridine rings is 1. The van der Waals surface area contributed by atoms with Crippen LogP contribution in [-0.4, -0.2) is 24.1 Å². The molecule has 3 heterocycles. The van der Waals surface area contributed by atoms with Crippen molar-refractivity contribution in [3.8, 4) is 17.1 Å². The summed E-state index contributed by atoms with van der Waals surface area (Å²) in [5.41, 5.74) is 5.13. The first-order chi connectivity index (χ1) is 14.7. The number of hydrogen-bond donors (Lipinski definition) is 0. The Morgan fingerprint density at radius 3 is 2.50 bits per heavy atom. The van der Waals surface area contributed by atoms with Crippen LogP contribution in [0.5, 0.6) is 0 Å². The number of benzene rings is 2. The molecule has 0 radical (unpaired) electrons. The lowest BCUT2D eigenvalue weighted by Crippen LogP contribution is -1.99. The minimum Gasteiger partial charge on any atom is -0.307 e. The van der Waals surface area contributed by atoms with Crippen molar-refractivity contribution in [1.29, 1.82) is 0 Å². The summed E-state index contributed by atoms with van der Waals surface area (Å²) in [5.74, 6) is 1.48. The maximum atomic E-state index is 6.07. The number of thioether (sulfide) groups is 1. The van der Waals surface area contributed by atoms with Crippen molar-refractivity contribution in [2.75, 3.05) is 0 Å². The van der Waals surface area contributed by atoms with Crippen LogP contribution in [0.1, 0.15) is 11.3 Å². The van der Waals surface area contributed by atoms with E-state index in [2.05, 4.69) is 50.5 Å². The molecule has 0 bridgehead atoms. The number of imidazole rings is 1. The molecule has 0 N–H and O–H groups in total. The normalized spacial score (nSPS) is 11.3. The van der Waals surface area contributed by atoms with Crippen molar-refractivity contribution in [2.45, 2.75) is 17.8 Å². The third-order valence-corrected chi connectivity index (χ3v) is 6.04. The van der Waals surface area contributed by atoms with E-state index in [4.69, 9.17) is 16.6 Å². The molecule has 5 rings (SSSR count). The van der Waals surface area contributed by atoms with E-state index in [-0.39, 0.29) is 0 Å². The highest BCUT2D eigenvalue weighted by molar-refractivity contribution is 7.98. The van der Waals surface area contributed by atoms with Gasteiger partial charge in [0.25, 0.3) is 0 Å². The monoisotopic (exact) mass is 431 g/mol. The van der Waals surface area contributed by atoms with Gasteiger partial charge in [-0.2, -0.15) is 0 Å². The van der Waals surface area contributed by atoms with Crippen LogP contribution in [0.3, 0.4) is 0 Å². The molecule has 30 heavy (non-hydrogen) atoms. The largest absolute Gasteiger partial charge is 0.307 e. The first kappa shape index (κ1) is 18.9. The fourth-order valence-electron chi connectivity index (χ4n) is 3.37. The lowest BCUT2D eigenvalue weighted by molar-refractivity contribution is 0.885. The molecule has 148 valence electrons. The van der Waals surface area contributed by atoms with Gasteiger partial charge < -0.3 is 4.40 Å². The van der Waals surface area contributed by atoms with Crippen molar-refractivity contribution < 1.29 is 0 Å². The lowest BCUT2D eigenvalue weighted by Gasteiger charge is -2.10. The van der Waals surface area contributed by atoms with Gasteiger partial charge in [0.15, 0.2) is 11.0 Å². The third-order valence-electron chi connectivity index (χ3n) is 4.83. The summed E-state index contributed by atoms with van der Waals surface area (Å²) in [6, 6.07) is 21.9. The molecule has 0 saturated heterocycles. The van der Waals surface area contributed by atoms with Crippen molar-refractivity contribution in [3.63, 3.8) is 0 Å². The smallest absolute Gasteiger partial charge is 0.196 e. The van der Waals surface area contributed by atoms with Gasteiger partial charge in [0.2, 0.25) is 0 Å². The molecule has 7 heteroatoms. The quantitative estimate of drug-likeness (QED) is 0.328. The van der Waals surface area contributed by atoms with Gasteiger partial charge in [-0.3, -0.25) is 4.57 Å². The molecule has 0 aliphatic rings. The Labute approximate surface area is 183 Å². The van der Waals surface area contributed by atoms with Gasteiger partial charge in [-0.1, -0.05) is 47.6 Å². The fourth-order valence-corrected chi connectivity index (χ4v) is 4.33. The number of para-hydroxylation sites is 1. The van der Waals surface area contributed by atoms with E-state index in [1.807, 2.05) is 54.7 Å². The third kappa shape index (κ3) is 3.60. The van der Waals surface area contributed by atoms with Crippen LogP contribution in [0.15, 0.2) is 84.3 Å². The molecule has 5 nitrogen and oxygen atoms in total. The van der Waals surface area contributed by atoms with Crippen LogP contribution in [0.4, 0.5) is 0 Å². The highest BCUT2D eigenvalue weighted by Crippen LogP contribution is 2.30. The number of fused-ring (bicyclic) bond motifs is 1. The van der Waals surface area contributed by atoms with Gasteiger partial charge >= 0.3 is 0 Å². The highest BCUT2D eigenvalue weighted by atomic mass is 35.5. The Hall–Kier alpha value is -3.09. The van der Waals surface area contributed by atoms with Crippen LogP contribution in [0.2, 0.25) is 5.02 Å². The number of nitrogens with zero attached hydrogens (tertiary/aromatic N) is 5. The first-order valence-electron chi connectivity index (χ1n) is 9.52. The van der Waals surface area contributed by atoms with Crippen molar-refractivity contribution in [2.24, 2.45) is 0 Å². The summed E-state index contributed by atoms with van der Waals surface area (Å²) >= 11 is 7.69. The van der Waals surface area contributed by atoms with Crippen LogP contribution < -0.4 is 0 Å². The molecule has 0 aliphatic carbocycles. The number of halogens is 1. The molecule has 0 unspecified atom stereocenters. The van der Waals surface area contributed by atoms with Crippen LogP contribution in [0.25, 0.3) is 22.7 Å². The second kappa shape index (κ2) is 7.97. The predicted octanol–water partition coefficient (Wildman–Crippen LogP) is 5.84. The highest BCUT2D eigenvalue weighted by Gasteiger charge is 2.17. The molecule has 0 fully saturated rings. The van der Waals surface area contributed by atoms with E-state index in [1.165, 1.54) is 0 Å². The average molecular weight is 432 g/mol. The summed E-state index contributed by atoms with van der Waals surface area (Å²) in [5, 5.41) is 10.5. The molecule has 0 amide bonds. The Bertz CT molecular complexity index is 1310. The van der Waals surface area contributed by atoms with E-state index in [0.717, 1.165) is 39.1 Å². The molecule has 0 aliphatic heterocycles. The minimum absolute atomic E-state index is 0.696. The second-order valence-electron chi connectivity index (χ2n) is 6.93. The van der Waals surface area contributed by atoms with Crippen LogP contribution in [-0.2, 0) is 5.75 Å². The zero-order valence-corrected chi connectivity index (χ0v) is 17.8. The zero-order chi connectivity index (χ0) is 20.5. The van der Waals surface area contributed by atoms with Gasteiger partial charge in [-0.05, 0) is 55.0 Å². The molecule has 2 aromatic carbocycles. The van der Waals surface area contributed by atoms with E-state index < -0.39 is 0 Å². The van der Waals surface area contributed by atoms with Gasteiger partial charge in [-0.15, -0.1) is 10.2 Å². The molecular formula is C23H18ClN5S. The van der Waals surface area contributed by atoms with E-state index in [0.29, 0.717) is 10.8 Å². The minimum atomic E-state index is 0.696. The topological polar surface area (TPSA) is 48.0 Å². The van der Waals surface area contributed by atoms with Crippen molar-refractivity contribution in [3.05, 3.63) is 95.4 Å². The Morgan fingerprint density at radius 2 is 1.73 bits per heavy atom. The Morgan fingerprint density at radius 1 is 0.933 bits per heavy atom. The average Bonchev–Trinajstić information content (AvgIpc) is 3.38. The molecular weight excluding hydrogens is 414 g/mol. The van der Waals surface area contributed by atoms with Crippen molar-refractivity contribution in [1.82, 2.24) is 24.1 Å².